The highest BCUT2D eigenvalue weighted by atomic mass is 32.2. The number of rotatable bonds is 5. The first kappa shape index (κ1) is 17.7. The first-order chi connectivity index (χ1) is 12.7. The maximum Gasteiger partial charge on any atom is 0.252 e. The minimum Gasteiger partial charge on any atom is -0.344 e. The molecule has 0 spiro atoms. The summed E-state index contributed by atoms with van der Waals surface area (Å²) in [6.07, 6.45) is 1.71. The number of nitrogens with one attached hydrogen (secondary N) is 1. The fraction of sp³-hybridized carbons (Fsp3) is 0.0952. The van der Waals surface area contributed by atoms with Crippen molar-refractivity contribution in [2.75, 3.05) is 0 Å². The van der Waals surface area contributed by atoms with Crippen molar-refractivity contribution in [3.63, 3.8) is 0 Å². The van der Waals surface area contributed by atoms with Crippen molar-refractivity contribution in [3.8, 4) is 6.07 Å². The summed E-state index contributed by atoms with van der Waals surface area (Å²) >= 11 is 1.42. The summed E-state index contributed by atoms with van der Waals surface area (Å²) in [7, 11) is 0. The fourth-order valence-corrected chi connectivity index (χ4v) is 3.51. The van der Waals surface area contributed by atoms with Gasteiger partial charge in [-0.1, -0.05) is 42.1 Å². The van der Waals surface area contributed by atoms with E-state index in [2.05, 4.69) is 16.4 Å². The molecule has 1 amide bonds. The third kappa shape index (κ3) is 4.11. The van der Waals surface area contributed by atoms with Crippen molar-refractivity contribution in [1.82, 2.24) is 10.3 Å². The third-order valence-corrected chi connectivity index (χ3v) is 4.99. The van der Waals surface area contributed by atoms with E-state index in [1.165, 1.54) is 11.8 Å². The van der Waals surface area contributed by atoms with Crippen LogP contribution in [0, 0.1) is 11.3 Å². The number of nitrogens with zero attached hydrogens (tertiary/aromatic N) is 2. The van der Waals surface area contributed by atoms with Crippen LogP contribution < -0.4 is 5.32 Å². The number of pyridine rings is 1. The lowest BCUT2D eigenvalue weighted by Crippen LogP contribution is -2.27. The number of hydrogen-bond acceptors (Lipinski definition) is 4. The monoisotopic (exact) mass is 359 g/mol. The highest BCUT2D eigenvalue weighted by molar-refractivity contribution is 7.99. The molecule has 26 heavy (non-hydrogen) atoms. The van der Waals surface area contributed by atoms with E-state index < -0.39 is 0 Å². The zero-order chi connectivity index (χ0) is 18.4. The predicted molar refractivity (Wildman–Crippen MR) is 102 cm³/mol. The highest BCUT2D eigenvalue weighted by Gasteiger charge is 2.16. The van der Waals surface area contributed by atoms with E-state index in [0.29, 0.717) is 11.1 Å². The summed E-state index contributed by atoms with van der Waals surface area (Å²) in [6.45, 7) is 1.90. The zero-order valence-corrected chi connectivity index (χ0v) is 15.0. The molecule has 1 N–H and O–H groups in total. The first-order valence-electron chi connectivity index (χ1n) is 8.17. The Bertz CT molecular complexity index is 951. The predicted octanol–water partition coefficient (Wildman–Crippen LogP) is 4.60. The van der Waals surface area contributed by atoms with Crippen molar-refractivity contribution in [2.24, 2.45) is 0 Å². The van der Waals surface area contributed by atoms with E-state index >= 15 is 0 Å². The summed E-state index contributed by atoms with van der Waals surface area (Å²) in [4.78, 5) is 18.7. The molecule has 0 aliphatic rings. The van der Waals surface area contributed by atoms with Crippen molar-refractivity contribution in [1.29, 1.82) is 5.26 Å². The Morgan fingerprint density at radius 3 is 2.46 bits per heavy atom. The number of nitriles is 1. The smallest absolute Gasteiger partial charge is 0.252 e. The molecular formula is C21H17N3OS. The topological polar surface area (TPSA) is 65.8 Å². The van der Waals surface area contributed by atoms with Crippen molar-refractivity contribution < 1.29 is 4.79 Å². The van der Waals surface area contributed by atoms with E-state index in [1.807, 2.05) is 61.5 Å². The van der Waals surface area contributed by atoms with Crippen LogP contribution in [0.25, 0.3) is 0 Å². The highest BCUT2D eigenvalue weighted by Crippen LogP contribution is 2.32. The van der Waals surface area contributed by atoms with Gasteiger partial charge in [0.25, 0.3) is 5.91 Å². The Hall–Kier alpha value is -3.10. The standard InChI is InChI=1S/C21H17N3OS/c1-15(18-10-6-7-13-23-18)24-21(25)17-9-3-5-12-20(17)26-19-11-4-2-8-16(19)14-22/h2-13,15H,1H3,(H,24,25)/t15-/m0/s1. The van der Waals surface area contributed by atoms with Gasteiger partial charge in [-0.3, -0.25) is 9.78 Å². The van der Waals surface area contributed by atoms with Gasteiger partial charge < -0.3 is 5.32 Å². The third-order valence-electron chi connectivity index (χ3n) is 3.84. The number of benzene rings is 2. The molecule has 0 unspecified atom stereocenters. The lowest BCUT2D eigenvalue weighted by Gasteiger charge is -2.15. The molecule has 4 nitrogen and oxygen atoms in total. The second kappa shape index (κ2) is 8.32. The fourth-order valence-electron chi connectivity index (χ4n) is 2.49. The van der Waals surface area contributed by atoms with Crippen LogP contribution in [0.4, 0.5) is 0 Å². The van der Waals surface area contributed by atoms with E-state index in [9.17, 15) is 10.1 Å². The minimum atomic E-state index is -0.201. The molecule has 0 aliphatic heterocycles. The Kier molecular flexibility index (Phi) is 5.67. The molecule has 0 aliphatic carbocycles. The number of hydrogen-bond donors (Lipinski definition) is 1. The molecule has 0 radical (unpaired) electrons. The lowest BCUT2D eigenvalue weighted by molar-refractivity contribution is 0.0936. The van der Waals surface area contributed by atoms with Crippen LogP contribution in [0.2, 0.25) is 0 Å². The Morgan fingerprint density at radius 2 is 1.73 bits per heavy atom. The summed E-state index contributed by atoms with van der Waals surface area (Å²) in [6, 6.07) is 22.4. The molecule has 0 saturated heterocycles. The van der Waals surface area contributed by atoms with Gasteiger partial charge in [-0.2, -0.15) is 5.26 Å². The van der Waals surface area contributed by atoms with Crippen LogP contribution >= 0.6 is 11.8 Å². The Labute approximate surface area is 156 Å². The lowest BCUT2D eigenvalue weighted by atomic mass is 10.1. The number of amides is 1. The molecule has 1 aromatic heterocycles. The summed E-state index contributed by atoms with van der Waals surface area (Å²) in [5, 5.41) is 12.3. The molecule has 2 aromatic carbocycles. The molecule has 128 valence electrons. The minimum absolute atomic E-state index is 0.166. The normalized spacial score (nSPS) is 11.4. The Balaban J connectivity index is 1.83. The van der Waals surface area contributed by atoms with E-state index in [1.54, 1.807) is 18.3 Å². The van der Waals surface area contributed by atoms with Gasteiger partial charge in [0, 0.05) is 16.0 Å². The van der Waals surface area contributed by atoms with Gasteiger partial charge in [0.2, 0.25) is 0 Å². The molecule has 0 fully saturated rings. The van der Waals surface area contributed by atoms with Gasteiger partial charge in [0.1, 0.15) is 6.07 Å². The number of aromatic nitrogens is 1. The summed E-state index contributed by atoms with van der Waals surface area (Å²) < 4.78 is 0. The van der Waals surface area contributed by atoms with Gasteiger partial charge in [-0.25, -0.2) is 0 Å². The van der Waals surface area contributed by atoms with Crippen LogP contribution in [0.1, 0.15) is 34.6 Å². The molecule has 5 heteroatoms. The quantitative estimate of drug-likeness (QED) is 0.723. The van der Waals surface area contributed by atoms with Gasteiger partial charge >= 0.3 is 0 Å². The van der Waals surface area contributed by atoms with Gasteiger partial charge in [-0.05, 0) is 43.3 Å². The molecule has 0 saturated carbocycles. The molecular weight excluding hydrogens is 342 g/mol. The van der Waals surface area contributed by atoms with Gasteiger partial charge in [0.15, 0.2) is 0 Å². The van der Waals surface area contributed by atoms with Crippen LogP contribution in [-0.4, -0.2) is 10.9 Å². The molecule has 3 rings (SSSR count). The summed E-state index contributed by atoms with van der Waals surface area (Å²) in [5.74, 6) is -0.166. The average Bonchev–Trinajstić information content (AvgIpc) is 2.69. The van der Waals surface area contributed by atoms with Crippen molar-refractivity contribution in [2.45, 2.75) is 22.8 Å². The molecule has 1 heterocycles. The molecule has 1 atom stereocenters. The zero-order valence-electron chi connectivity index (χ0n) is 14.2. The maximum atomic E-state index is 12.8. The van der Waals surface area contributed by atoms with Crippen molar-refractivity contribution in [3.05, 3.63) is 89.7 Å². The van der Waals surface area contributed by atoms with E-state index in [-0.39, 0.29) is 11.9 Å². The van der Waals surface area contributed by atoms with Crippen LogP contribution in [0.15, 0.2) is 82.7 Å². The number of carbonyl (C=O) groups is 1. The summed E-state index contributed by atoms with van der Waals surface area (Å²) in [5.41, 5.74) is 1.98. The molecule has 0 bridgehead atoms. The van der Waals surface area contributed by atoms with Crippen LogP contribution in [0.5, 0.6) is 0 Å². The average molecular weight is 359 g/mol. The van der Waals surface area contributed by atoms with Gasteiger partial charge in [-0.15, -0.1) is 0 Å². The number of carbonyl (C=O) groups excluding carboxylic acids is 1. The Morgan fingerprint density at radius 1 is 1.04 bits per heavy atom. The SMILES string of the molecule is C[C@H](NC(=O)c1ccccc1Sc1ccccc1C#N)c1ccccn1. The van der Waals surface area contributed by atoms with Gasteiger partial charge in [0.05, 0.1) is 22.9 Å². The van der Waals surface area contributed by atoms with E-state index in [0.717, 1.165) is 15.5 Å². The second-order valence-electron chi connectivity index (χ2n) is 5.66. The van der Waals surface area contributed by atoms with Crippen LogP contribution in [-0.2, 0) is 0 Å². The first-order valence-corrected chi connectivity index (χ1v) is 8.98. The maximum absolute atomic E-state index is 12.8. The van der Waals surface area contributed by atoms with Crippen molar-refractivity contribution >= 4 is 17.7 Å². The second-order valence-corrected chi connectivity index (χ2v) is 6.74. The van der Waals surface area contributed by atoms with Crippen LogP contribution in [0.3, 0.4) is 0 Å². The molecule has 3 aromatic rings. The van der Waals surface area contributed by atoms with E-state index in [4.69, 9.17) is 0 Å². The largest absolute Gasteiger partial charge is 0.344 e.